The summed E-state index contributed by atoms with van der Waals surface area (Å²) in [6.07, 6.45) is 3.92. The van der Waals surface area contributed by atoms with E-state index in [1.54, 1.807) is 24.2 Å². The predicted molar refractivity (Wildman–Crippen MR) is 128 cm³/mol. The summed E-state index contributed by atoms with van der Waals surface area (Å²) >= 11 is 0. The van der Waals surface area contributed by atoms with Gasteiger partial charge >= 0.3 is 0 Å². The van der Waals surface area contributed by atoms with Gasteiger partial charge in [0.25, 0.3) is 0 Å². The Hall–Kier alpha value is -2.77. The molecule has 0 aromatic carbocycles. The van der Waals surface area contributed by atoms with Crippen LogP contribution in [-0.4, -0.2) is 51.0 Å². The van der Waals surface area contributed by atoms with Crippen molar-refractivity contribution in [1.29, 1.82) is 0 Å². The van der Waals surface area contributed by atoms with E-state index in [9.17, 15) is 9.59 Å². The number of H-pyrrole nitrogens is 1. The van der Waals surface area contributed by atoms with Gasteiger partial charge in [-0.2, -0.15) is 5.10 Å². The van der Waals surface area contributed by atoms with Gasteiger partial charge in [0, 0.05) is 19.3 Å². The molecule has 8 heteroatoms. The Balaban J connectivity index is 0.00000138. The molecule has 0 aliphatic carbocycles. The first-order valence-corrected chi connectivity index (χ1v) is 11.4. The molecule has 1 N–H and O–H groups in total. The molecule has 0 radical (unpaired) electrons. The fourth-order valence-electron chi connectivity index (χ4n) is 3.15. The van der Waals surface area contributed by atoms with Crippen LogP contribution in [-0.2, 0) is 11.2 Å². The van der Waals surface area contributed by atoms with Crippen LogP contribution in [0.4, 0.5) is 11.5 Å². The lowest BCUT2D eigenvalue weighted by atomic mass is 10.1. The topological polar surface area (TPSA) is 95.1 Å². The van der Waals surface area contributed by atoms with Gasteiger partial charge in [0.05, 0.1) is 12.6 Å². The van der Waals surface area contributed by atoms with Crippen LogP contribution in [0.2, 0.25) is 0 Å². The van der Waals surface area contributed by atoms with Gasteiger partial charge in [0.2, 0.25) is 5.91 Å². The Morgan fingerprint density at radius 2 is 1.77 bits per heavy atom. The van der Waals surface area contributed by atoms with E-state index in [1.807, 2.05) is 67.2 Å². The first kappa shape index (κ1) is 28.2. The summed E-state index contributed by atoms with van der Waals surface area (Å²) in [4.78, 5) is 37.4. The van der Waals surface area contributed by atoms with Crippen LogP contribution in [0.25, 0.3) is 0 Å². The number of carbonyl (C=O) groups excluding carboxylic acids is 2. The third kappa shape index (κ3) is 6.60. The van der Waals surface area contributed by atoms with Crippen molar-refractivity contribution in [2.24, 2.45) is 0 Å². The van der Waals surface area contributed by atoms with Gasteiger partial charge in [-0.1, -0.05) is 48.5 Å². The Labute approximate surface area is 187 Å². The number of likely N-dealkylation sites (N-methyl/N-ethyl adjacent to an activating group) is 1. The van der Waals surface area contributed by atoms with Gasteiger partial charge in [-0.3, -0.25) is 14.7 Å². The number of rotatable bonds is 5. The van der Waals surface area contributed by atoms with E-state index in [0.717, 1.165) is 0 Å². The molecule has 2 aromatic rings. The lowest BCUT2D eigenvalue weighted by Gasteiger charge is -2.42. The number of ketones is 1. The molecule has 1 amide bonds. The Kier molecular flexibility index (Phi) is 13.0. The summed E-state index contributed by atoms with van der Waals surface area (Å²) in [7, 11) is 1.74. The molecule has 31 heavy (non-hydrogen) atoms. The number of Topliss-reactive ketones (excluding diaryl/α,β-unsaturated/α-hetero) is 1. The van der Waals surface area contributed by atoms with E-state index in [-0.39, 0.29) is 30.2 Å². The number of fused-ring (bicyclic) bond motifs is 1. The van der Waals surface area contributed by atoms with Crippen LogP contribution in [0.15, 0.2) is 18.5 Å². The van der Waals surface area contributed by atoms with Crippen molar-refractivity contribution < 1.29 is 9.59 Å². The molecule has 3 heterocycles. The molecule has 1 aliphatic heterocycles. The highest BCUT2D eigenvalue weighted by Crippen LogP contribution is 2.35. The average molecular weight is 433 g/mol. The zero-order chi connectivity index (χ0) is 24.1. The van der Waals surface area contributed by atoms with Crippen molar-refractivity contribution >= 4 is 23.2 Å². The lowest BCUT2D eigenvalue weighted by Crippen LogP contribution is -2.55. The number of anilines is 2. The van der Waals surface area contributed by atoms with Gasteiger partial charge < -0.3 is 9.80 Å². The number of aromatic nitrogens is 4. The van der Waals surface area contributed by atoms with Crippen LogP contribution in [0.5, 0.6) is 0 Å². The number of amides is 1. The van der Waals surface area contributed by atoms with E-state index in [1.165, 1.54) is 6.20 Å². The van der Waals surface area contributed by atoms with Crippen molar-refractivity contribution in [1.82, 2.24) is 20.2 Å². The highest BCUT2D eigenvalue weighted by molar-refractivity contribution is 6.04. The third-order valence-corrected chi connectivity index (χ3v) is 4.42. The molecule has 0 bridgehead atoms. The molecule has 0 saturated heterocycles. The Bertz CT molecular complexity index is 789. The van der Waals surface area contributed by atoms with Crippen LogP contribution in [0.1, 0.15) is 85.0 Å². The molecule has 1 unspecified atom stereocenters. The molecule has 8 nitrogen and oxygen atoms in total. The van der Waals surface area contributed by atoms with Gasteiger partial charge in [0.15, 0.2) is 11.6 Å². The first-order chi connectivity index (χ1) is 14.9. The van der Waals surface area contributed by atoms with Crippen molar-refractivity contribution in [3.8, 4) is 0 Å². The molecule has 0 fully saturated rings. The van der Waals surface area contributed by atoms with E-state index >= 15 is 0 Å². The minimum Gasteiger partial charge on any atom is -0.340 e. The summed E-state index contributed by atoms with van der Waals surface area (Å²) in [5.74, 6) is 1.04. The van der Waals surface area contributed by atoms with E-state index in [2.05, 4.69) is 20.2 Å². The van der Waals surface area contributed by atoms with Crippen LogP contribution in [0, 0.1) is 0 Å². The normalized spacial score (nSPS) is 14.4. The lowest BCUT2D eigenvalue weighted by molar-refractivity contribution is -0.120. The van der Waals surface area contributed by atoms with E-state index in [4.69, 9.17) is 0 Å². The maximum absolute atomic E-state index is 12.6. The molecule has 174 valence electrons. The molecule has 0 spiro atoms. The summed E-state index contributed by atoms with van der Waals surface area (Å²) in [5, 5.41) is 6.45. The first-order valence-electron chi connectivity index (χ1n) is 11.4. The zero-order valence-electron chi connectivity index (χ0n) is 20.9. The maximum atomic E-state index is 12.6. The second-order valence-electron chi connectivity index (χ2n) is 6.39. The maximum Gasteiger partial charge on any atom is 0.249 e. The molecule has 3 rings (SSSR count). The number of nitrogens with zero attached hydrogens (tertiary/aromatic N) is 5. The van der Waals surface area contributed by atoms with Crippen LogP contribution >= 0.6 is 0 Å². The molecule has 2 aromatic heterocycles. The van der Waals surface area contributed by atoms with Crippen molar-refractivity contribution in [3.63, 3.8) is 0 Å². The largest absolute Gasteiger partial charge is 0.340 e. The number of hydrogen-bond donors (Lipinski definition) is 1. The Morgan fingerprint density at radius 3 is 2.26 bits per heavy atom. The summed E-state index contributed by atoms with van der Waals surface area (Å²) < 4.78 is 0. The minimum absolute atomic E-state index is 0.0357. The van der Waals surface area contributed by atoms with Gasteiger partial charge in [0.1, 0.15) is 23.2 Å². The second-order valence-corrected chi connectivity index (χ2v) is 6.39. The number of aromatic amines is 1. The summed E-state index contributed by atoms with van der Waals surface area (Å²) in [6.45, 7) is 18.0. The predicted octanol–water partition coefficient (Wildman–Crippen LogP) is 4.67. The fraction of sp³-hybridized carbons (Fsp3) is 0.609. The van der Waals surface area contributed by atoms with E-state index < -0.39 is 0 Å². The molecular formula is C23H40N6O2. The molecule has 1 atom stereocenters. The standard InChI is InChI=1S/C17H22N6O2.3C2H6/c1-5-12-17(25)22(4)13-9-18-15(20-16(13)23(12)10(2)3)8-14(24)11-6-7-19-21-11;3*1-2/h6-7,9-10,12H,5,8H2,1-4H3,(H,19,21);3*1-2H3. The van der Waals surface area contributed by atoms with Gasteiger partial charge in [-0.25, -0.2) is 9.97 Å². The van der Waals surface area contributed by atoms with Crippen LogP contribution in [0.3, 0.4) is 0 Å². The van der Waals surface area contributed by atoms with E-state index in [0.29, 0.717) is 29.4 Å². The monoisotopic (exact) mass is 432 g/mol. The number of hydrogen-bond acceptors (Lipinski definition) is 6. The molecule has 0 saturated carbocycles. The third-order valence-electron chi connectivity index (χ3n) is 4.42. The van der Waals surface area contributed by atoms with Gasteiger partial charge in [-0.15, -0.1) is 0 Å². The van der Waals surface area contributed by atoms with Crippen molar-refractivity contribution in [3.05, 3.63) is 30.0 Å². The SMILES string of the molecule is CC.CC.CC.CCC1C(=O)N(C)c2cnc(CC(=O)c3ccn[nH]3)nc2N1C(C)C. The van der Waals surface area contributed by atoms with Gasteiger partial charge in [-0.05, 0) is 26.3 Å². The van der Waals surface area contributed by atoms with Crippen LogP contribution < -0.4 is 9.80 Å². The smallest absolute Gasteiger partial charge is 0.249 e. The number of carbonyl (C=O) groups is 2. The summed E-state index contributed by atoms with van der Waals surface area (Å²) in [6, 6.07) is 1.47. The number of nitrogens with one attached hydrogen (secondary N) is 1. The average Bonchev–Trinajstić information content (AvgIpc) is 3.35. The van der Waals surface area contributed by atoms with Crippen molar-refractivity contribution in [2.75, 3.05) is 16.8 Å². The Morgan fingerprint density at radius 1 is 1.16 bits per heavy atom. The highest BCUT2D eigenvalue weighted by Gasteiger charge is 2.38. The molecule has 1 aliphatic rings. The fourth-order valence-corrected chi connectivity index (χ4v) is 3.15. The second kappa shape index (κ2) is 14.3. The zero-order valence-corrected chi connectivity index (χ0v) is 20.9. The highest BCUT2D eigenvalue weighted by atomic mass is 16.2. The molecular weight excluding hydrogens is 392 g/mol. The summed E-state index contributed by atoms with van der Waals surface area (Å²) in [5.41, 5.74) is 1.10. The van der Waals surface area contributed by atoms with Crippen molar-refractivity contribution in [2.45, 2.75) is 87.2 Å². The minimum atomic E-state index is -0.261. The quantitative estimate of drug-likeness (QED) is 0.690.